The van der Waals surface area contributed by atoms with Crippen molar-refractivity contribution in [3.8, 4) is 11.1 Å². The van der Waals surface area contributed by atoms with Crippen LogP contribution in [0.2, 0.25) is 0 Å². The van der Waals surface area contributed by atoms with Gasteiger partial charge in [-0.15, -0.1) is 0 Å². The van der Waals surface area contributed by atoms with Gasteiger partial charge in [-0.3, -0.25) is 0 Å². The Kier molecular flexibility index (Phi) is 3.97. The lowest BCUT2D eigenvalue weighted by Crippen LogP contribution is -2.02. The minimum Gasteiger partial charge on any atom is -0.330 e. The third-order valence-corrected chi connectivity index (χ3v) is 3.36. The van der Waals surface area contributed by atoms with Crippen molar-refractivity contribution in [2.24, 2.45) is 5.73 Å². The van der Waals surface area contributed by atoms with Gasteiger partial charge in [0.05, 0.1) is 0 Å². The summed E-state index contributed by atoms with van der Waals surface area (Å²) in [5, 5.41) is 0. The van der Waals surface area contributed by atoms with E-state index in [-0.39, 0.29) is 0 Å². The molecule has 0 aliphatic rings. The highest BCUT2D eigenvalue weighted by Gasteiger charge is 2.03. The maximum absolute atomic E-state index is 5.60. The molecule has 0 fully saturated rings. The fraction of sp³-hybridized carbons (Fsp3) is 0.200. The molecular formula is C15H16BrN. The van der Waals surface area contributed by atoms with Crippen molar-refractivity contribution >= 4 is 15.9 Å². The number of benzene rings is 2. The van der Waals surface area contributed by atoms with Crippen LogP contribution >= 0.6 is 15.9 Å². The van der Waals surface area contributed by atoms with Crippen molar-refractivity contribution in [1.29, 1.82) is 0 Å². The number of rotatable bonds is 3. The highest BCUT2D eigenvalue weighted by atomic mass is 79.9. The van der Waals surface area contributed by atoms with E-state index in [1.807, 2.05) is 6.07 Å². The molecule has 2 aromatic rings. The van der Waals surface area contributed by atoms with Gasteiger partial charge in [-0.1, -0.05) is 46.3 Å². The van der Waals surface area contributed by atoms with Gasteiger partial charge in [0.2, 0.25) is 0 Å². The standard InChI is InChI=1S/C15H16BrN/c1-11-5-6-12(7-8-17)9-15(11)13-3-2-4-14(16)10-13/h2-6,9-10H,7-8,17H2,1H3. The van der Waals surface area contributed by atoms with Gasteiger partial charge < -0.3 is 5.73 Å². The molecule has 17 heavy (non-hydrogen) atoms. The van der Waals surface area contributed by atoms with E-state index < -0.39 is 0 Å². The Morgan fingerprint density at radius 2 is 1.94 bits per heavy atom. The first-order chi connectivity index (χ1) is 8.20. The molecular weight excluding hydrogens is 274 g/mol. The summed E-state index contributed by atoms with van der Waals surface area (Å²) in [6.45, 7) is 2.84. The van der Waals surface area contributed by atoms with Crippen LogP contribution in [0.3, 0.4) is 0 Å². The van der Waals surface area contributed by atoms with Crippen molar-refractivity contribution in [3.05, 3.63) is 58.1 Å². The molecule has 0 spiro atoms. The second-order valence-electron chi connectivity index (χ2n) is 4.20. The molecule has 0 atom stereocenters. The number of nitrogens with two attached hydrogens (primary N) is 1. The first-order valence-corrected chi connectivity index (χ1v) is 6.55. The lowest BCUT2D eigenvalue weighted by molar-refractivity contribution is 0.968. The monoisotopic (exact) mass is 289 g/mol. The quantitative estimate of drug-likeness (QED) is 0.910. The first-order valence-electron chi connectivity index (χ1n) is 5.76. The summed E-state index contributed by atoms with van der Waals surface area (Å²) < 4.78 is 1.11. The molecule has 2 heteroatoms. The maximum Gasteiger partial charge on any atom is 0.0181 e. The van der Waals surface area contributed by atoms with Crippen molar-refractivity contribution in [2.45, 2.75) is 13.3 Å². The molecule has 2 aromatic carbocycles. The Hall–Kier alpha value is -1.12. The fourth-order valence-corrected chi connectivity index (χ4v) is 2.36. The summed E-state index contributed by atoms with van der Waals surface area (Å²) in [6.07, 6.45) is 0.932. The van der Waals surface area contributed by atoms with Crippen molar-refractivity contribution in [2.75, 3.05) is 6.54 Å². The Labute approximate surface area is 111 Å². The second kappa shape index (κ2) is 5.48. The zero-order chi connectivity index (χ0) is 12.3. The number of hydrogen-bond acceptors (Lipinski definition) is 1. The van der Waals surface area contributed by atoms with Gasteiger partial charge in [-0.2, -0.15) is 0 Å². The summed E-state index contributed by atoms with van der Waals surface area (Å²) in [4.78, 5) is 0. The topological polar surface area (TPSA) is 26.0 Å². The average Bonchev–Trinajstić information content (AvgIpc) is 2.32. The third-order valence-electron chi connectivity index (χ3n) is 2.87. The molecule has 0 saturated heterocycles. The van der Waals surface area contributed by atoms with Crippen LogP contribution in [0.5, 0.6) is 0 Å². The van der Waals surface area contributed by atoms with Gasteiger partial charge in [-0.05, 0) is 54.3 Å². The van der Waals surface area contributed by atoms with Gasteiger partial charge in [0.15, 0.2) is 0 Å². The summed E-state index contributed by atoms with van der Waals surface area (Å²) in [7, 11) is 0. The van der Waals surface area contributed by atoms with Gasteiger partial charge in [0.1, 0.15) is 0 Å². The molecule has 0 aliphatic carbocycles. The maximum atomic E-state index is 5.60. The van der Waals surface area contributed by atoms with Crippen LogP contribution in [0, 0.1) is 6.92 Å². The molecule has 2 rings (SSSR count). The lowest BCUT2D eigenvalue weighted by atomic mass is 9.97. The Morgan fingerprint density at radius 1 is 1.12 bits per heavy atom. The van der Waals surface area contributed by atoms with Crippen molar-refractivity contribution < 1.29 is 0 Å². The number of hydrogen-bond donors (Lipinski definition) is 1. The van der Waals surface area contributed by atoms with E-state index >= 15 is 0 Å². The van der Waals surface area contributed by atoms with Gasteiger partial charge in [0, 0.05) is 4.47 Å². The largest absolute Gasteiger partial charge is 0.330 e. The molecule has 0 aromatic heterocycles. The van der Waals surface area contributed by atoms with E-state index in [1.165, 1.54) is 22.3 Å². The summed E-state index contributed by atoms with van der Waals surface area (Å²) in [5.74, 6) is 0. The molecule has 1 nitrogen and oxygen atoms in total. The zero-order valence-corrected chi connectivity index (χ0v) is 11.5. The molecule has 0 amide bonds. The highest BCUT2D eigenvalue weighted by molar-refractivity contribution is 9.10. The van der Waals surface area contributed by atoms with Gasteiger partial charge >= 0.3 is 0 Å². The van der Waals surface area contributed by atoms with Crippen molar-refractivity contribution in [1.82, 2.24) is 0 Å². The molecule has 0 saturated carbocycles. The van der Waals surface area contributed by atoms with E-state index in [1.54, 1.807) is 0 Å². The predicted octanol–water partition coefficient (Wildman–Crippen LogP) is 3.93. The zero-order valence-electron chi connectivity index (χ0n) is 9.91. The minimum atomic E-state index is 0.695. The second-order valence-corrected chi connectivity index (χ2v) is 5.11. The van der Waals surface area contributed by atoms with Crippen LogP contribution in [0.25, 0.3) is 11.1 Å². The fourth-order valence-electron chi connectivity index (χ4n) is 1.96. The van der Waals surface area contributed by atoms with E-state index in [9.17, 15) is 0 Å². The summed E-state index contributed by atoms with van der Waals surface area (Å²) >= 11 is 3.51. The first kappa shape index (κ1) is 12.3. The summed E-state index contributed by atoms with van der Waals surface area (Å²) in [5.41, 5.74) is 10.7. The van der Waals surface area contributed by atoms with Crippen LogP contribution in [0.15, 0.2) is 46.9 Å². The average molecular weight is 290 g/mol. The number of halogens is 1. The smallest absolute Gasteiger partial charge is 0.0181 e. The van der Waals surface area contributed by atoms with Crippen LogP contribution in [-0.4, -0.2) is 6.54 Å². The normalized spacial score (nSPS) is 10.5. The summed E-state index contributed by atoms with van der Waals surface area (Å²) in [6, 6.07) is 15.0. The molecule has 0 bridgehead atoms. The van der Waals surface area contributed by atoms with E-state index in [0.29, 0.717) is 6.54 Å². The van der Waals surface area contributed by atoms with Crippen molar-refractivity contribution in [3.63, 3.8) is 0 Å². The molecule has 0 radical (unpaired) electrons. The molecule has 88 valence electrons. The molecule has 2 N–H and O–H groups in total. The van der Waals surface area contributed by atoms with E-state index in [4.69, 9.17) is 5.73 Å². The van der Waals surface area contributed by atoms with E-state index in [0.717, 1.165) is 10.9 Å². The molecule has 0 heterocycles. The Bertz CT molecular complexity index is 520. The van der Waals surface area contributed by atoms with Crippen LogP contribution in [-0.2, 0) is 6.42 Å². The Morgan fingerprint density at radius 3 is 2.65 bits per heavy atom. The third kappa shape index (κ3) is 2.96. The van der Waals surface area contributed by atoms with Crippen LogP contribution in [0.4, 0.5) is 0 Å². The Balaban J connectivity index is 2.46. The number of aryl methyl sites for hydroxylation is 1. The van der Waals surface area contributed by atoms with E-state index in [2.05, 4.69) is 59.3 Å². The van der Waals surface area contributed by atoms with Gasteiger partial charge in [0.25, 0.3) is 0 Å². The minimum absolute atomic E-state index is 0.695. The SMILES string of the molecule is Cc1ccc(CCN)cc1-c1cccc(Br)c1. The van der Waals surface area contributed by atoms with Crippen LogP contribution in [0.1, 0.15) is 11.1 Å². The van der Waals surface area contributed by atoms with Gasteiger partial charge in [-0.25, -0.2) is 0 Å². The molecule has 0 unspecified atom stereocenters. The lowest BCUT2D eigenvalue weighted by Gasteiger charge is -2.09. The molecule has 0 aliphatic heterocycles. The predicted molar refractivity (Wildman–Crippen MR) is 77.1 cm³/mol. The van der Waals surface area contributed by atoms with Crippen LogP contribution < -0.4 is 5.73 Å². The highest BCUT2D eigenvalue weighted by Crippen LogP contribution is 2.27.